The number of benzene rings is 2. The lowest BCUT2D eigenvalue weighted by Gasteiger charge is -2.09. The van der Waals surface area contributed by atoms with Crippen molar-refractivity contribution in [3.63, 3.8) is 0 Å². The quantitative estimate of drug-likeness (QED) is 0.459. The third-order valence-corrected chi connectivity index (χ3v) is 3.38. The molecular formula is C17H18N4O3. The number of non-ortho nitro benzene ring substituents is 1. The number of nitro groups is 1. The second-order valence-corrected chi connectivity index (χ2v) is 5.21. The normalized spacial score (nSPS) is 12.0. The van der Waals surface area contributed by atoms with Gasteiger partial charge in [-0.05, 0) is 17.5 Å². The molecule has 0 unspecified atom stereocenters. The number of nitrogens with two attached hydrogens (primary N) is 1. The van der Waals surface area contributed by atoms with Crippen LogP contribution in [0.5, 0.6) is 0 Å². The number of nitrogens with one attached hydrogen (secondary N) is 1. The largest absolute Gasteiger partial charge is 0.320 e. The Hall–Kier alpha value is -3.06. The van der Waals surface area contributed by atoms with E-state index in [-0.39, 0.29) is 11.6 Å². The van der Waals surface area contributed by atoms with Crippen molar-refractivity contribution in [3.05, 3.63) is 75.8 Å². The average Bonchev–Trinajstić information content (AvgIpc) is 2.59. The zero-order valence-electron chi connectivity index (χ0n) is 13.0. The number of hydrazone groups is 1. The van der Waals surface area contributed by atoms with Gasteiger partial charge in [0.05, 0.1) is 11.0 Å². The van der Waals surface area contributed by atoms with Gasteiger partial charge < -0.3 is 5.73 Å². The van der Waals surface area contributed by atoms with Crippen LogP contribution in [0, 0.1) is 10.1 Å². The molecule has 24 heavy (non-hydrogen) atoms. The number of nitro benzene ring substituents is 1. The van der Waals surface area contributed by atoms with E-state index >= 15 is 0 Å². The van der Waals surface area contributed by atoms with Gasteiger partial charge in [0.15, 0.2) is 0 Å². The van der Waals surface area contributed by atoms with Crippen molar-refractivity contribution in [2.24, 2.45) is 10.8 Å². The second-order valence-electron chi connectivity index (χ2n) is 5.21. The number of rotatable bonds is 7. The Bertz CT molecular complexity index is 714. The highest BCUT2D eigenvalue weighted by Crippen LogP contribution is 2.11. The minimum absolute atomic E-state index is 0.0378. The lowest BCUT2D eigenvalue weighted by atomic mass is 10.1. The van der Waals surface area contributed by atoms with Crippen molar-refractivity contribution < 1.29 is 9.72 Å². The molecule has 0 aromatic heterocycles. The maximum Gasteiger partial charge on any atom is 0.269 e. The molecule has 0 radical (unpaired) electrons. The van der Waals surface area contributed by atoms with Crippen LogP contribution < -0.4 is 11.2 Å². The van der Waals surface area contributed by atoms with Crippen molar-refractivity contribution in [1.29, 1.82) is 0 Å². The third kappa shape index (κ3) is 5.29. The summed E-state index contributed by atoms with van der Waals surface area (Å²) in [5.41, 5.74) is 10.1. The van der Waals surface area contributed by atoms with Gasteiger partial charge in [-0.1, -0.05) is 42.5 Å². The average molecular weight is 326 g/mol. The summed E-state index contributed by atoms with van der Waals surface area (Å²) in [6.07, 6.45) is 2.41. The second kappa shape index (κ2) is 8.54. The molecule has 0 bridgehead atoms. The van der Waals surface area contributed by atoms with Crippen LogP contribution >= 0.6 is 0 Å². The monoisotopic (exact) mass is 326 g/mol. The molecule has 0 spiro atoms. The topological polar surface area (TPSA) is 111 Å². The number of nitrogens with zero attached hydrogens (tertiary/aromatic N) is 2. The molecule has 0 saturated heterocycles. The van der Waals surface area contributed by atoms with Gasteiger partial charge in [-0.2, -0.15) is 5.10 Å². The van der Waals surface area contributed by atoms with Crippen LogP contribution in [0.15, 0.2) is 59.7 Å². The van der Waals surface area contributed by atoms with Gasteiger partial charge in [-0.15, -0.1) is 0 Å². The highest BCUT2D eigenvalue weighted by molar-refractivity contribution is 5.82. The summed E-state index contributed by atoms with van der Waals surface area (Å²) < 4.78 is 0. The van der Waals surface area contributed by atoms with E-state index in [2.05, 4.69) is 10.5 Å². The summed E-state index contributed by atoms with van der Waals surface area (Å²) in [6.45, 7) is 0. The van der Waals surface area contributed by atoms with Gasteiger partial charge in [-0.25, -0.2) is 5.43 Å². The third-order valence-electron chi connectivity index (χ3n) is 3.38. The fourth-order valence-corrected chi connectivity index (χ4v) is 2.06. The summed E-state index contributed by atoms with van der Waals surface area (Å²) in [6, 6.07) is 15.0. The zero-order chi connectivity index (χ0) is 17.4. The SMILES string of the molecule is N[C@@H](Cc1ccccc1)C(=O)N/N=C/Cc1ccc([N+](=O)[O-])cc1. The van der Waals surface area contributed by atoms with E-state index in [1.54, 1.807) is 12.1 Å². The minimum Gasteiger partial charge on any atom is -0.320 e. The number of carbonyl (C=O) groups is 1. The maximum absolute atomic E-state index is 11.9. The van der Waals surface area contributed by atoms with E-state index in [0.717, 1.165) is 11.1 Å². The number of hydrogen-bond donors (Lipinski definition) is 2. The van der Waals surface area contributed by atoms with Crippen molar-refractivity contribution in [3.8, 4) is 0 Å². The fourth-order valence-electron chi connectivity index (χ4n) is 2.06. The van der Waals surface area contributed by atoms with E-state index in [1.165, 1.54) is 18.3 Å². The Morgan fingerprint density at radius 3 is 2.46 bits per heavy atom. The Morgan fingerprint density at radius 2 is 1.83 bits per heavy atom. The van der Waals surface area contributed by atoms with Crippen LogP contribution in [0.1, 0.15) is 11.1 Å². The van der Waals surface area contributed by atoms with Crippen LogP contribution in [0.3, 0.4) is 0 Å². The molecule has 0 fully saturated rings. The first kappa shape index (κ1) is 17.3. The predicted octanol–water partition coefficient (Wildman–Crippen LogP) is 1.81. The summed E-state index contributed by atoms with van der Waals surface area (Å²) in [5, 5.41) is 14.4. The van der Waals surface area contributed by atoms with Gasteiger partial charge in [0.1, 0.15) is 0 Å². The van der Waals surface area contributed by atoms with E-state index in [0.29, 0.717) is 12.8 Å². The minimum atomic E-state index is -0.677. The van der Waals surface area contributed by atoms with E-state index in [4.69, 9.17) is 5.73 Å². The first-order valence-electron chi connectivity index (χ1n) is 7.40. The summed E-state index contributed by atoms with van der Waals surface area (Å²) in [7, 11) is 0. The molecule has 7 nitrogen and oxygen atoms in total. The molecule has 0 aliphatic heterocycles. The Morgan fingerprint density at radius 1 is 1.17 bits per heavy atom. The van der Waals surface area contributed by atoms with E-state index in [9.17, 15) is 14.9 Å². The molecule has 1 atom stereocenters. The van der Waals surface area contributed by atoms with Crippen LogP contribution in [-0.2, 0) is 17.6 Å². The molecule has 0 aliphatic rings. The van der Waals surface area contributed by atoms with Crippen molar-refractivity contribution in [2.45, 2.75) is 18.9 Å². The highest BCUT2D eigenvalue weighted by atomic mass is 16.6. The maximum atomic E-state index is 11.9. The van der Waals surface area contributed by atoms with Gasteiger partial charge in [0.25, 0.3) is 11.6 Å². The number of carbonyl (C=O) groups excluding carboxylic acids is 1. The van der Waals surface area contributed by atoms with Crippen molar-refractivity contribution >= 4 is 17.8 Å². The number of amides is 1. The Kier molecular flexibility index (Phi) is 6.16. The molecule has 1 amide bonds. The molecule has 0 heterocycles. The van der Waals surface area contributed by atoms with Crippen LogP contribution in [0.2, 0.25) is 0 Å². The zero-order valence-corrected chi connectivity index (χ0v) is 13.0. The molecule has 0 saturated carbocycles. The van der Waals surface area contributed by atoms with Gasteiger partial charge in [-0.3, -0.25) is 14.9 Å². The highest BCUT2D eigenvalue weighted by Gasteiger charge is 2.12. The van der Waals surface area contributed by atoms with Gasteiger partial charge >= 0.3 is 0 Å². The molecule has 7 heteroatoms. The molecule has 3 N–H and O–H groups in total. The Labute approximate surface area is 139 Å². The van der Waals surface area contributed by atoms with Crippen LogP contribution in [0.4, 0.5) is 5.69 Å². The lowest BCUT2D eigenvalue weighted by molar-refractivity contribution is -0.384. The molecular weight excluding hydrogens is 308 g/mol. The first-order chi connectivity index (χ1) is 11.6. The molecule has 2 aromatic carbocycles. The number of hydrogen-bond acceptors (Lipinski definition) is 5. The van der Waals surface area contributed by atoms with Gasteiger partial charge in [0, 0.05) is 24.8 Å². The predicted molar refractivity (Wildman–Crippen MR) is 91.6 cm³/mol. The fraction of sp³-hybridized carbons (Fsp3) is 0.176. The van der Waals surface area contributed by atoms with Crippen LogP contribution in [-0.4, -0.2) is 23.1 Å². The summed E-state index contributed by atoms with van der Waals surface area (Å²) in [4.78, 5) is 22.0. The smallest absolute Gasteiger partial charge is 0.269 e. The Balaban J connectivity index is 1.78. The summed E-state index contributed by atoms with van der Waals surface area (Å²) >= 11 is 0. The van der Waals surface area contributed by atoms with Crippen molar-refractivity contribution in [1.82, 2.24) is 5.43 Å². The standard InChI is InChI=1S/C17H18N4O3/c18-16(12-14-4-2-1-3-5-14)17(22)20-19-11-10-13-6-8-15(9-7-13)21(23)24/h1-9,11,16H,10,12,18H2,(H,20,22)/b19-11+/t16-/m0/s1. The van der Waals surface area contributed by atoms with E-state index in [1.807, 2.05) is 30.3 Å². The van der Waals surface area contributed by atoms with E-state index < -0.39 is 11.0 Å². The van der Waals surface area contributed by atoms with Crippen molar-refractivity contribution in [2.75, 3.05) is 0 Å². The van der Waals surface area contributed by atoms with Crippen LogP contribution in [0.25, 0.3) is 0 Å². The molecule has 0 aliphatic carbocycles. The molecule has 2 aromatic rings. The molecule has 2 rings (SSSR count). The lowest BCUT2D eigenvalue weighted by Crippen LogP contribution is -2.39. The van der Waals surface area contributed by atoms with Gasteiger partial charge in [0.2, 0.25) is 0 Å². The summed E-state index contributed by atoms with van der Waals surface area (Å²) in [5.74, 6) is -0.362. The molecule has 124 valence electrons. The first-order valence-corrected chi connectivity index (χ1v) is 7.40.